The second-order valence-electron chi connectivity index (χ2n) is 6.92. The zero-order valence-corrected chi connectivity index (χ0v) is 17.3. The molecule has 0 aliphatic rings. The minimum absolute atomic E-state index is 0.858. The van der Waals surface area contributed by atoms with Crippen LogP contribution in [-0.4, -0.2) is 30.7 Å². The van der Waals surface area contributed by atoms with Crippen LogP contribution in [0.25, 0.3) is 0 Å². The first-order chi connectivity index (χ1) is 11.6. The van der Waals surface area contributed by atoms with E-state index in [1.165, 1.54) is 56.1 Å². The molecule has 0 fully saturated rings. The van der Waals surface area contributed by atoms with Gasteiger partial charge in [0.1, 0.15) is 0 Å². The summed E-state index contributed by atoms with van der Waals surface area (Å²) in [5.74, 6) is 0.858. The first-order valence-electron chi connectivity index (χ1n) is 9.26. The monoisotopic (exact) mass is 411 g/mol. The SMILES string of the molecule is C=CC[N+](CC=C)(CCCC)CC(CC)CCCC.F[P-](F)(F)(F)(F)F. The second-order valence-corrected chi connectivity index (χ2v) is 8.84. The second kappa shape index (κ2) is 10.7. The van der Waals surface area contributed by atoms with Gasteiger partial charge in [-0.1, -0.05) is 53.2 Å². The van der Waals surface area contributed by atoms with E-state index in [1.807, 2.05) is 0 Å². The van der Waals surface area contributed by atoms with Gasteiger partial charge >= 0.3 is 33.0 Å². The third kappa shape index (κ3) is 21.5. The van der Waals surface area contributed by atoms with Crippen LogP contribution in [0.2, 0.25) is 0 Å². The molecule has 0 saturated carbocycles. The van der Waals surface area contributed by atoms with Gasteiger partial charge in [-0.05, 0) is 31.4 Å². The Bertz CT molecular complexity index is 383. The summed E-state index contributed by atoms with van der Waals surface area (Å²) in [5, 5.41) is 0. The van der Waals surface area contributed by atoms with Gasteiger partial charge in [0.05, 0.1) is 26.2 Å². The number of hydrogen-bond donors (Lipinski definition) is 0. The maximum atomic E-state index is 9.87. The van der Waals surface area contributed by atoms with E-state index in [2.05, 4.69) is 46.1 Å². The molecule has 160 valence electrons. The molecule has 0 amide bonds. The van der Waals surface area contributed by atoms with Crippen LogP contribution >= 0.6 is 7.81 Å². The summed E-state index contributed by atoms with van der Waals surface area (Å²) in [6.07, 6.45) is 12.2. The number of quaternary nitrogens is 1. The van der Waals surface area contributed by atoms with Gasteiger partial charge in [-0.3, -0.25) is 0 Å². The number of unbranched alkanes of at least 4 members (excludes halogenated alkanes) is 2. The Hall–Kier alpha value is -0.550. The van der Waals surface area contributed by atoms with Crippen LogP contribution in [0.3, 0.4) is 0 Å². The number of nitrogens with zero attached hydrogens (tertiary/aromatic N) is 1. The summed E-state index contributed by atoms with van der Waals surface area (Å²) in [7, 11) is -10.7. The standard InChI is InChI=1S/C18H36N.F6P/c1-6-11-13-18(10-5)17-19(14-8-3,15-9-4)16-12-7-2;1-7(2,3,4,5)6/h8-9,18H,3-4,6-7,10-17H2,1-2,5H3;/q+1;-1. The van der Waals surface area contributed by atoms with Crippen molar-refractivity contribution in [2.24, 2.45) is 5.92 Å². The molecular formula is C18H36F6NP. The van der Waals surface area contributed by atoms with Crippen LogP contribution < -0.4 is 0 Å². The molecule has 1 nitrogen and oxygen atoms in total. The molecule has 0 radical (unpaired) electrons. The van der Waals surface area contributed by atoms with Crippen molar-refractivity contribution in [2.75, 3.05) is 26.2 Å². The van der Waals surface area contributed by atoms with E-state index in [0.717, 1.165) is 19.0 Å². The summed E-state index contributed by atoms with van der Waals surface area (Å²) in [5.41, 5.74) is 0. The first-order valence-corrected chi connectivity index (χ1v) is 11.3. The van der Waals surface area contributed by atoms with Gasteiger partial charge in [0.2, 0.25) is 0 Å². The molecule has 0 aromatic carbocycles. The fourth-order valence-corrected chi connectivity index (χ4v) is 3.00. The number of rotatable bonds is 13. The van der Waals surface area contributed by atoms with Crippen molar-refractivity contribution in [1.29, 1.82) is 0 Å². The molecular weight excluding hydrogens is 375 g/mol. The fourth-order valence-electron chi connectivity index (χ4n) is 3.00. The zero-order valence-electron chi connectivity index (χ0n) is 16.4. The third-order valence-electron chi connectivity index (χ3n) is 4.21. The molecule has 1 unspecified atom stereocenters. The maximum absolute atomic E-state index is 10.7. The molecule has 26 heavy (non-hydrogen) atoms. The average molecular weight is 411 g/mol. The van der Waals surface area contributed by atoms with Crippen LogP contribution in [0.5, 0.6) is 0 Å². The van der Waals surface area contributed by atoms with Crippen molar-refractivity contribution in [2.45, 2.75) is 59.3 Å². The van der Waals surface area contributed by atoms with Crippen molar-refractivity contribution in [1.82, 2.24) is 0 Å². The number of halogens is 6. The predicted molar refractivity (Wildman–Crippen MR) is 102 cm³/mol. The zero-order chi connectivity index (χ0) is 21.0. The number of hydrogen-bond acceptors (Lipinski definition) is 0. The van der Waals surface area contributed by atoms with Crippen LogP contribution in [0.1, 0.15) is 59.3 Å². The fraction of sp³-hybridized carbons (Fsp3) is 0.778. The molecule has 0 aliphatic carbocycles. The Morgan fingerprint density at radius 3 is 1.58 bits per heavy atom. The molecule has 0 aliphatic heterocycles. The Morgan fingerprint density at radius 1 is 0.846 bits per heavy atom. The molecule has 0 aromatic heterocycles. The van der Waals surface area contributed by atoms with Gasteiger partial charge in [0, 0.05) is 5.92 Å². The summed E-state index contributed by atoms with van der Waals surface area (Å²) < 4.78 is 60.4. The summed E-state index contributed by atoms with van der Waals surface area (Å²) in [6.45, 7) is 19.6. The van der Waals surface area contributed by atoms with Gasteiger partial charge in [-0.15, -0.1) is 0 Å². The van der Waals surface area contributed by atoms with Crippen molar-refractivity contribution < 1.29 is 29.7 Å². The molecule has 0 heterocycles. The van der Waals surface area contributed by atoms with E-state index < -0.39 is 7.81 Å². The molecule has 1 atom stereocenters. The van der Waals surface area contributed by atoms with Crippen LogP contribution in [0.4, 0.5) is 25.2 Å². The van der Waals surface area contributed by atoms with Crippen molar-refractivity contribution in [3.63, 3.8) is 0 Å². The topological polar surface area (TPSA) is 0 Å². The Kier molecular flexibility index (Phi) is 11.4. The van der Waals surface area contributed by atoms with Crippen molar-refractivity contribution >= 4 is 7.81 Å². The Morgan fingerprint density at radius 2 is 1.27 bits per heavy atom. The minimum atomic E-state index is -10.7. The molecule has 0 spiro atoms. The van der Waals surface area contributed by atoms with Crippen LogP contribution in [0.15, 0.2) is 25.3 Å². The van der Waals surface area contributed by atoms with Gasteiger partial charge < -0.3 is 4.48 Å². The van der Waals surface area contributed by atoms with E-state index >= 15 is 0 Å². The Labute approximate surface area is 155 Å². The third-order valence-corrected chi connectivity index (χ3v) is 4.21. The van der Waals surface area contributed by atoms with Crippen LogP contribution in [0, 0.1) is 5.92 Å². The molecule has 0 bridgehead atoms. The van der Waals surface area contributed by atoms with Gasteiger partial charge in [-0.25, -0.2) is 0 Å². The summed E-state index contributed by atoms with van der Waals surface area (Å²) in [6, 6.07) is 0. The predicted octanol–water partition coefficient (Wildman–Crippen LogP) is 8.57. The van der Waals surface area contributed by atoms with E-state index in [-0.39, 0.29) is 0 Å². The van der Waals surface area contributed by atoms with Crippen molar-refractivity contribution in [3.05, 3.63) is 25.3 Å². The summed E-state index contributed by atoms with van der Waals surface area (Å²) >= 11 is 0. The van der Waals surface area contributed by atoms with Gasteiger partial charge in [0.15, 0.2) is 0 Å². The van der Waals surface area contributed by atoms with E-state index in [0.29, 0.717) is 0 Å². The van der Waals surface area contributed by atoms with Gasteiger partial charge in [-0.2, -0.15) is 0 Å². The molecule has 0 N–H and O–H groups in total. The molecule has 8 heteroatoms. The van der Waals surface area contributed by atoms with Crippen LogP contribution in [-0.2, 0) is 0 Å². The molecule has 0 saturated heterocycles. The summed E-state index contributed by atoms with van der Waals surface area (Å²) in [4.78, 5) is 0. The first kappa shape index (κ1) is 27.7. The van der Waals surface area contributed by atoms with E-state index in [4.69, 9.17) is 0 Å². The molecule has 0 rings (SSSR count). The Balaban J connectivity index is 0. The van der Waals surface area contributed by atoms with E-state index in [1.54, 1.807) is 0 Å². The van der Waals surface area contributed by atoms with Crippen molar-refractivity contribution in [3.8, 4) is 0 Å². The van der Waals surface area contributed by atoms with E-state index in [9.17, 15) is 25.2 Å². The molecule has 0 aromatic rings. The quantitative estimate of drug-likeness (QED) is 0.123. The average Bonchev–Trinajstić information content (AvgIpc) is 2.47. The van der Waals surface area contributed by atoms with Gasteiger partial charge in [0.25, 0.3) is 0 Å². The normalized spacial score (nSPS) is 15.9.